The van der Waals surface area contributed by atoms with Crippen molar-refractivity contribution in [3.63, 3.8) is 0 Å². The van der Waals surface area contributed by atoms with E-state index >= 15 is 4.39 Å². The topological polar surface area (TPSA) is 86.3 Å². The number of nitriles is 1. The van der Waals surface area contributed by atoms with E-state index in [-0.39, 0.29) is 29.8 Å². The molecule has 10 rings (SSSR count). The third-order valence-corrected chi connectivity index (χ3v) is 11.5. The Labute approximate surface area is 290 Å². The normalized spacial score (nSPS) is 21.6. The fourth-order valence-electron chi connectivity index (χ4n) is 8.94. The highest BCUT2D eigenvalue weighted by atomic mass is 19.1. The molecule has 2 bridgehead atoms. The van der Waals surface area contributed by atoms with Crippen LogP contribution in [0, 0.1) is 23.1 Å². The smallest absolute Gasteiger partial charge is 0.223 e. The van der Waals surface area contributed by atoms with Gasteiger partial charge in [-0.2, -0.15) is 5.26 Å². The van der Waals surface area contributed by atoms with Crippen molar-refractivity contribution < 1.29 is 14.2 Å². The van der Waals surface area contributed by atoms with Gasteiger partial charge in [-0.1, -0.05) is 54.6 Å². The third-order valence-electron chi connectivity index (χ3n) is 11.5. The van der Waals surface area contributed by atoms with Crippen LogP contribution < -0.4 is 10.1 Å². The van der Waals surface area contributed by atoms with Crippen LogP contribution >= 0.6 is 0 Å². The van der Waals surface area contributed by atoms with Crippen molar-refractivity contribution in [1.29, 1.82) is 5.26 Å². The van der Waals surface area contributed by atoms with E-state index in [9.17, 15) is 10.4 Å². The Balaban J connectivity index is 1.34. The number of likely N-dealkylation sites (N-methyl/N-ethyl adjacent to an activating group) is 1. The van der Waals surface area contributed by atoms with Crippen LogP contribution in [0.4, 0.5) is 4.39 Å². The lowest BCUT2D eigenvalue weighted by Crippen LogP contribution is -2.39. The first-order valence-corrected chi connectivity index (χ1v) is 17.9. The van der Waals surface area contributed by atoms with Crippen molar-refractivity contribution in [3.05, 3.63) is 102 Å². The number of likely N-dealkylation sites (tertiary alicyclic amines) is 1. The van der Waals surface area contributed by atoms with Gasteiger partial charge >= 0.3 is 0 Å². The first kappa shape index (κ1) is 31.0. The number of phenols is 1. The van der Waals surface area contributed by atoms with Crippen LogP contribution in [0.25, 0.3) is 43.7 Å². The molecule has 4 aromatic carbocycles. The number of halogens is 1. The summed E-state index contributed by atoms with van der Waals surface area (Å²) in [7, 11) is 2.13. The van der Waals surface area contributed by atoms with E-state index < -0.39 is 5.82 Å². The zero-order valence-electron chi connectivity index (χ0n) is 28.2. The Bertz CT molecular complexity index is 2300. The molecule has 3 unspecified atom stereocenters. The second-order valence-corrected chi connectivity index (χ2v) is 14.4. The average molecular weight is 666 g/mol. The molecule has 5 heterocycles. The van der Waals surface area contributed by atoms with Gasteiger partial charge in [0, 0.05) is 48.1 Å². The first-order chi connectivity index (χ1) is 24.5. The Morgan fingerprint density at radius 2 is 1.88 bits per heavy atom. The lowest BCUT2D eigenvalue weighted by molar-refractivity contribution is 0.195. The first-order valence-electron chi connectivity index (χ1n) is 17.9. The molecular weight excluding hydrogens is 625 g/mol. The maximum absolute atomic E-state index is 17.6. The molecule has 4 atom stereocenters. The minimum Gasteiger partial charge on any atom is -0.508 e. The van der Waals surface area contributed by atoms with Crippen LogP contribution in [0.3, 0.4) is 0 Å². The second kappa shape index (κ2) is 12.4. The monoisotopic (exact) mass is 665 g/mol. The Hall–Kier alpha value is -4.97. The number of aromatic nitrogens is 2. The maximum atomic E-state index is 17.6. The molecule has 2 N–H and O–H groups in total. The van der Waals surface area contributed by atoms with Crippen molar-refractivity contribution in [2.75, 3.05) is 26.7 Å². The minimum absolute atomic E-state index is 0.0601. The average Bonchev–Trinajstić information content (AvgIpc) is 3.93. The molecule has 3 aliphatic heterocycles. The number of rotatable bonds is 9. The van der Waals surface area contributed by atoms with E-state index in [0.717, 1.165) is 77.1 Å². The summed E-state index contributed by atoms with van der Waals surface area (Å²) < 4.78 is 26.8. The summed E-state index contributed by atoms with van der Waals surface area (Å²) in [5.74, 6) is 0.550. The number of hydrogen-bond acceptors (Lipinski definition) is 6. The fourth-order valence-corrected chi connectivity index (χ4v) is 8.94. The summed E-state index contributed by atoms with van der Waals surface area (Å²) in [5, 5.41) is 27.5. The lowest BCUT2D eigenvalue weighted by atomic mass is 9.79. The lowest BCUT2D eigenvalue weighted by Gasteiger charge is -2.38. The highest BCUT2D eigenvalue weighted by molar-refractivity contribution is 6.10. The van der Waals surface area contributed by atoms with Gasteiger partial charge in [0.15, 0.2) is 5.82 Å². The van der Waals surface area contributed by atoms with Crippen LogP contribution in [0.5, 0.6) is 11.6 Å². The number of aromatic hydroxyl groups is 1. The van der Waals surface area contributed by atoms with Crippen molar-refractivity contribution in [2.45, 2.75) is 56.7 Å². The number of nitrogens with one attached hydrogen (secondary N) is 1. The molecule has 0 spiro atoms. The van der Waals surface area contributed by atoms with Crippen molar-refractivity contribution >= 4 is 32.6 Å². The van der Waals surface area contributed by atoms with E-state index in [2.05, 4.69) is 64.3 Å². The van der Waals surface area contributed by atoms with Gasteiger partial charge in [0.05, 0.1) is 23.0 Å². The maximum Gasteiger partial charge on any atom is 0.223 e. The van der Waals surface area contributed by atoms with Gasteiger partial charge in [-0.15, -0.1) is 0 Å². The number of ether oxygens (including phenoxy) is 1. The van der Waals surface area contributed by atoms with Crippen LogP contribution in [0.1, 0.15) is 48.5 Å². The number of pyridine rings is 1. The summed E-state index contributed by atoms with van der Waals surface area (Å²) in [6, 6.07) is 29.0. The molecule has 4 aliphatic rings. The molecule has 7 nitrogen and oxygen atoms in total. The number of fused-ring (bicyclic) bond motifs is 5. The van der Waals surface area contributed by atoms with E-state index in [4.69, 9.17) is 9.72 Å². The summed E-state index contributed by atoms with van der Waals surface area (Å²) >= 11 is 0. The summed E-state index contributed by atoms with van der Waals surface area (Å²) in [6.07, 6.45) is 4.64. The Kier molecular flexibility index (Phi) is 7.71. The molecule has 6 aromatic rings. The number of benzene rings is 4. The quantitative estimate of drug-likeness (QED) is 0.163. The molecule has 0 radical (unpaired) electrons. The van der Waals surface area contributed by atoms with Crippen LogP contribution in [0.2, 0.25) is 0 Å². The van der Waals surface area contributed by atoms with Gasteiger partial charge in [-0.3, -0.25) is 0 Å². The number of hydrogen-bond donors (Lipinski definition) is 2. The van der Waals surface area contributed by atoms with Gasteiger partial charge in [0.1, 0.15) is 17.9 Å². The minimum atomic E-state index is -0.456. The van der Waals surface area contributed by atoms with Gasteiger partial charge in [-0.05, 0) is 96.9 Å². The Morgan fingerprint density at radius 1 is 1.04 bits per heavy atom. The molecule has 1 saturated carbocycles. The highest BCUT2D eigenvalue weighted by Crippen LogP contribution is 2.49. The third kappa shape index (κ3) is 5.10. The van der Waals surface area contributed by atoms with E-state index in [1.807, 2.05) is 30.3 Å². The summed E-state index contributed by atoms with van der Waals surface area (Å²) in [4.78, 5) is 7.37. The van der Waals surface area contributed by atoms with Gasteiger partial charge in [0.25, 0.3) is 0 Å². The fraction of sp³-hybridized carbons (Fsp3) is 0.333. The van der Waals surface area contributed by atoms with Crippen molar-refractivity contribution in [1.82, 2.24) is 19.8 Å². The van der Waals surface area contributed by atoms with Crippen LogP contribution in [-0.4, -0.2) is 58.4 Å². The summed E-state index contributed by atoms with van der Waals surface area (Å²) in [6.45, 7) is 2.48. The molecule has 4 fully saturated rings. The van der Waals surface area contributed by atoms with E-state index in [0.29, 0.717) is 42.0 Å². The molecule has 1 aliphatic carbocycles. The van der Waals surface area contributed by atoms with Gasteiger partial charge in [0.2, 0.25) is 5.88 Å². The number of aryl methyl sites for hydroxylation is 1. The van der Waals surface area contributed by atoms with Crippen molar-refractivity contribution in [2.24, 2.45) is 5.92 Å². The zero-order valence-corrected chi connectivity index (χ0v) is 28.2. The number of nitrogens with zero attached hydrogens (tertiary/aromatic N) is 4. The summed E-state index contributed by atoms with van der Waals surface area (Å²) in [5.41, 5.74) is 5.26. The molecule has 8 heteroatoms. The standard InChI is InChI=1S/C42H40FN5O2/c1-47-16-8-13-29(47)24-50-42-35-21-30(17-25-9-3-2-4-10-25)48(40-28-20-36(40)45-23-28)41(35)34-19-27(12-7-15-44)37(38(43)39(34)46-42)33-22-31(49)18-26-11-5-6-14-32(26)33/h2-6,9-11,14,18-19,21-22,28-29,36,40,45,49H,7-8,12-13,16-17,20,23-24H2,1H3/t28?,29-,36?,40?/m0/s1. The van der Waals surface area contributed by atoms with Crippen LogP contribution in [-0.2, 0) is 12.8 Å². The second-order valence-electron chi connectivity index (χ2n) is 14.4. The van der Waals surface area contributed by atoms with E-state index in [1.54, 1.807) is 12.1 Å². The molecule has 3 saturated heterocycles. The largest absolute Gasteiger partial charge is 0.508 e. The number of phenolic OH excluding ortho intramolecular Hbond substituents is 1. The highest BCUT2D eigenvalue weighted by Gasteiger charge is 2.49. The van der Waals surface area contributed by atoms with Gasteiger partial charge < -0.3 is 24.6 Å². The van der Waals surface area contributed by atoms with Crippen molar-refractivity contribution in [3.8, 4) is 28.8 Å². The molecule has 0 amide bonds. The molecule has 2 aromatic heterocycles. The Morgan fingerprint density at radius 3 is 2.64 bits per heavy atom. The van der Waals surface area contributed by atoms with E-state index in [1.165, 1.54) is 5.56 Å². The SMILES string of the molecule is CN1CCC[C@H]1COc1nc2c(F)c(-c3cc(O)cc4ccccc34)c(CCC#N)cc2c2c1cc(Cc1ccccc1)n2C1C2CNC1C2. The molecule has 50 heavy (non-hydrogen) atoms. The zero-order chi connectivity index (χ0) is 33.9. The molecular formula is C42H40FN5O2. The van der Waals surface area contributed by atoms with Crippen LogP contribution in [0.15, 0.2) is 78.9 Å². The molecule has 252 valence electrons. The van der Waals surface area contributed by atoms with Gasteiger partial charge in [-0.25, -0.2) is 9.37 Å². The predicted octanol–water partition coefficient (Wildman–Crippen LogP) is 7.91. The predicted molar refractivity (Wildman–Crippen MR) is 195 cm³/mol.